The van der Waals surface area contributed by atoms with Crippen molar-refractivity contribution in [2.75, 3.05) is 0 Å². The van der Waals surface area contributed by atoms with Crippen molar-refractivity contribution in [2.45, 2.75) is 12.8 Å². The SMILES string of the molecule is C1=CCCC(c2nc(-c3ccccc3)nc(-c3ccc4nc(-c5cccc(-n6c7ccccc7c7cc8c9ccccc9n(-c9ccccc9)c8cc76)c5)oc4c3)n2)=C1. The zero-order chi connectivity index (χ0) is 38.9. The molecule has 7 heteroatoms. The minimum atomic E-state index is 0.548. The number of hydrogen-bond acceptors (Lipinski definition) is 5. The third kappa shape index (κ3) is 5.51. The number of allylic oxidation sites excluding steroid dienone is 4. The number of oxazole rings is 1. The first kappa shape index (κ1) is 33.3. The van der Waals surface area contributed by atoms with Crippen LogP contribution in [0.25, 0.3) is 106 Å². The predicted octanol–water partition coefficient (Wildman–Crippen LogP) is 12.9. The van der Waals surface area contributed by atoms with Crippen molar-refractivity contribution < 1.29 is 4.42 Å². The highest BCUT2D eigenvalue weighted by Gasteiger charge is 2.20. The molecule has 0 saturated carbocycles. The molecular weight excluding hydrogens is 725 g/mol. The quantitative estimate of drug-likeness (QED) is 0.169. The average Bonchev–Trinajstić information content (AvgIpc) is 3.99. The van der Waals surface area contributed by atoms with Gasteiger partial charge in [-0.25, -0.2) is 19.9 Å². The lowest BCUT2D eigenvalue weighted by Crippen LogP contribution is -2.03. The van der Waals surface area contributed by atoms with E-state index in [1.807, 2.05) is 48.5 Å². The van der Waals surface area contributed by atoms with E-state index < -0.39 is 0 Å². The molecule has 1 aliphatic carbocycles. The number of para-hydroxylation sites is 3. The molecule has 11 aromatic rings. The summed E-state index contributed by atoms with van der Waals surface area (Å²) >= 11 is 0. The van der Waals surface area contributed by atoms with E-state index >= 15 is 0 Å². The molecule has 0 radical (unpaired) electrons. The van der Waals surface area contributed by atoms with Crippen LogP contribution in [-0.4, -0.2) is 29.1 Å². The van der Waals surface area contributed by atoms with Gasteiger partial charge in [0.1, 0.15) is 5.52 Å². The number of fused-ring (bicyclic) bond motifs is 7. The third-order valence-electron chi connectivity index (χ3n) is 11.4. The van der Waals surface area contributed by atoms with Gasteiger partial charge in [-0.3, -0.25) is 0 Å². The summed E-state index contributed by atoms with van der Waals surface area (Å²) in [6.45, 7) is 0. The summed E-state index contributed by atoms with van der Waals surface area (Å²) in [5.74, 6) is 2.48. The number of benzene rings is 7. The molecule has 12 rings (SSSR count). The van der Waals surface area contributed by atoms with Gasteiger partial charge in [0.15, 0.2) is 23.1 Å². The number of hydrogen-bond donors (Lipinski definition) is 0. The van der Waals surface area contributed by atoms with Gasteiger partial charge in [-0.1, -0.05) is 109 Å². The molecule has 1 aliphatic rings. The summed E-state index contributed by atoms with van der Waals surface area (Å²) in [4.78, 5) is 19.8. The van der Waals surface area contributed by atoms with Gasteiger partial charge in [-0.15, -0.1) is 0 Å². The van der Waals surface area contributed by atoms with E-state index in [4.69, 9.17) is 24.4 Å². The summed E-state index contributed by atoms with van der Waals surface area (Å²) in [6.07, 6.45) is 8.19. The first-order chi connectivity index (χ1) is 29.2. The van der Waals surface area contributed by atoms with Crippen LogP contribution in [0.2, 0.25) is 0 Å². The van der Waals surface area contributed by atoms with Crippen LogP contribution >= 0.6 is 0 Å². The van der Waals surface area contributed by atoms with E-state index in [9.17, 15) is 0 Å². The maximum Gasteiger partial charge on any atom is 0.227 e. The first-order valence-electron chi connectivity index (χ1n) is 19.9. The van der Waals surface area contributed by atoms with Crippen LogP contribution < -0.4 is 0 Å². The van der Waals surface area contributed by atoms with Crippen molar-refractivity contribution in [2.24, 2.45) is 0 Å². The molecule has 59 heavy (non-hydrogen) atoms. The standard InChI is InChI=1S/C52H34N6O/c1-4-15-33(16-5-1)49-54-50(34-17-6-2-7-18-34)56-51(55-49)35-27-28-43-48(30-35)59-52(53-43)36-19-14-22-38(29-36)58-45-26-13-11-24-40(45)42-31-41-39-23-10-12-25-44(39)57(46(41)32-47(42)58)37-20-8-3-9-21-37/h1-6,8-17,19-32H,7,18H2. The summed E-state index contributed by atoms with van der Waals surface area (Å²) in [7, 11) is 0. The zero-order valence-electron chi connectivity index (χ0n) is 31.8. The Morgan fingerprint density at radius 2 is 1.07 bits per heavy atom. The monoisotopic (exact) mass is 758 g/mol. The molecule has 0 aliphatic heterocycles. The molecule has 0 saturated heterocycles. The van der Waals surface area contributed by atoms with Gasteiger partial charge < -0.3 is 13.6 Å². The van der Waals surface area contributed by atoms with E-state index in [1.54, 1.807) is 0 Å². The Hall–Kier alpha value is -7.90. The molecule has 4 aromatic heterocycles. The first-order valence-corrected chi connectivity index (χ1v) is 19.9. The third-order valence-corrected chi connectivity index (χ3v) is 11.4. The fourth-order valence-corrected chi connectivity index (χ4v) is 8.68. The molecule has 0 atom stereocenters. The Kier molecular flexibility index (Phi) is 7.53. The fraction of sp³-hybridized carbons (Fsp3) is 0.0385. The maximum absolute atomic E-state index is 6.57. The van der Waals surface area contributed by atoms with Gasteiger partial charge in [-0.05, 0) is 91.2 Å². The van der Waals surface area contributed by atoms with Crippen molar-refractivity contribution in [1.82, 2.24) is 29.1 Å². The minimum Gasteiger partial charge on any atom is -0.436 e. The van der Waals surface area contributed by atoms with E-state index in [-0.39, 0.29) is 0 Å². The molecule has 0 bridgehead atoms. The molecule has 0 spiro atoms. The van der Waals surface area contributed by atoms with E-state index in [0.29, 0.717) is 28.9 Å². The highest BCUT2D eigenvalue weighted by Crippen LogP contribution is 2.40. The molecule has 0 fully saturated rings. The number of aromatic nitrogens is 6. The highest BCUT2D eigenvalue weighted by molar-refractivity contribution is 6.19. The maximum atomic E-state index is 6.57. The number of nitrogens with zero attached hydrogens (tertiary/aromatic N) is 6. The second kappa shape index (κ2) is 13.4. The summed E-state index contributed by atoms with van der Waals surface area (Å²) in [6, 6.07) is 57.2. The van der Waals surface area contributed by atoms with E-state index in [0.717, 1.165) is 68.5 Å². The molecular formula is C52H34N6O. The summed E-state index contributed by atoms with van der Waals surface area (Å²) in [5, 5.41) is 4.87. The molecule has 0 N–H and O–H groups in total. The minimum absolute atomic E-state index is 0.548. The topological polar surface area (TPSA) is 74.6 Å². The lowest BCUT2D eigenvalue weighted by molar-refractivity contribution is 0.620. The van der Waals surface area contributed by atoms with Gasteiger partial charge in [0.05, 0.1) is 22.1 Å². The Bertz CT molecular complexity index is 3500. The molecule has 7 nitrogen and oxygen atoms in total. The normalized spacial score (nSPS) is 13.0. The molecule has 7 aromatic carbocycles. The van der Waals surface area contributed by atoms with Crippen LogP contribution in [0.5, 0.6) is 0 Å². The smallest absolute Gasteiger partial charge is 0.227 e. The van der Waals surface area contributed by atoms with Gasteiger partial charge in [-0.2, -0.15) is 0 Å². The van der Waals surface area contributed by atoms with Crippen molar-refractivity contribution >= 4 is 60.3 Å². The Morgan fingerprint density at radius 3 is 1.80 bits per heavy atom. The lowest BCUT2D eigenvalue weighted by Gasteiger charge is -2.11. The lowest BCUT2D eigenvalue weighted by atomic mass is 10.0. The second-order valence-electron chi connectivity index (χ2n) is 15.0. The second-order valence-corrected chi connectivity index (χ2v) is 15.0. The van der Waals surface area contributed by atoms with E-state index in [2.05, 4.69) is 143 Å². The van der Waals surface area contributed by atoms with Gasteiger partial charge in [0.25, 0.3) is 0 Å². The molecule has 278 valence electrons. The summed E-state index contributed by atoms with van der Waals surface area (Å²) in [5.41, 5.74) is 12.0. The van der Waals surface area contributed by atoms with Gasteiger partial charge in [0, 0.05) is 49.6 Å². The van der Waals surface area contributed by atoms with Crippen molar-refractivity contribution in [1.29, 1.82) is 0 Å². The van der Waals surface area contributed by atoms with E-state index in [1.165, 1.54) is 27.1 Å². The van der Waals surface area contributed by atoms with Crippen LogP contribution in [0.3, 0.4) is 0 Å². The van der Waals surface area contributed by atoms with Gasteiger partial charge >= 0.3 is 0 Å². The Balaban J connectivity index is 0.985. The van der Waals surface area contributed by atoms with Gasteiger partial charge in [0.2, 0.25) is 5.89 Å². The van der Waals surface area contributed by atoms with Crippen molar-refractivity contribution in [3.05, 3.63) is 188 Å². The molecule has 4 heterocycles. The number of rotatable bonds is 6. The average molecular weight is 759 g/mol. The zero-order valence-corrected chi connectivity index (χ0v) is 31.8. The van der Waals surface area contributed by atoms with Crippen LogP contribution in [0, 0.1) is 0 Å². The van der Waals surface area contributed by atoms with Crippen LogP contribution in [-0.2, 0) is 0 Å². The Labute approximate surface area is 338 Å². The largest absolute Gasteiger partial charge is 0.436 e. The van der Waals surface area contributed by atoms with Crippen molar-refractivity contribution in [3.63, 3.8) is 0 Å². The van der Waals surface area contributed by atoms with Crippen LogP contribution in [0.15, 0.2) is 186 Å². The highest BCUT2D eigenvalue weighted by atomic mass is 16.3. The Morgan fingerprint density at radius 1 is 0.441 bits per heavy atom. The fourth-order valence-electron chi connectivity index (χ4n) is 8.68. The van der Waals surface area contributed by atoms with Crippen LogP contribution in [0.4, 0.5) is 0 Å². The predicted molar refractivity (Wildman–Crippen MR) is 239 cm³/mol. The molecule has 0 amide bonds. The summed E-state index contributed by atoms with van der Waals surface area (Å²) < 4.78 is 11.3. The van der Waals surface area contributed by atoms with Crippen molar-refractivity contribution in [3.8, 4) is 45.6 Å². The molecule has 0 unspecified atom stereocenters. The van der Waals surface area contributed by atoms with Crippen LogP contribution in [0.1, 0.15) is 18.7 Å².